The van der Waals surface area contributed by atoms with Gasteiger partial charge in [-0.2, -0.15) is 11.3 Å². The lowest BCUT2D eigenvalue weighted by atomic mass is 9.79. The van der Waals surface area contributed by atoms with Gasteiger partial charge in [0.2, 0.25) is 11.8 Å². The van der Waals surface area contributed by atoms with E-state index in [1.807, 2.05) is 16.8 Å². The van der Waals surface area contributed by atoms with E-state index >= 15 is 0 Å². The standard InChI is InChI=1S/C25H17ClFN3O3S2/c26-18-4-1-2-5-20(18)35-23-19(31)11-25(30-24(23)32,15-8-9-34-14-15)21-6-3-7-22(29-21)33-17-10-16(27)12-28-13-17/h1-10,12-14,23H,11H2,(H,30,32). The van der Waals surface area contributed by atoms with Crippen LogP contribution >= 0.6 is 34.7 Å². The number of ether oxygens (including phenoxy) is 1. The van der Waals surface area contributed by atoms with Crippen LogP contribution in [0, 0.1) is 5.82 Å². The summed E-state index contributed by atoms with van der Waals surface area (Å²) in [5, 5.41) is 6.34. The number of piperidine rings is 1. The van der Waals surface area contributed by atoms with Crippen molar-refractivity contribution >= 4 is 46.4 Å². The number of halogens is 2. The number of pyridine rings is 2. The van der Waals surface area contributed by atoms with Crippen LogP contribution in [-0.4, -0.2) is 26.9 Å². The van der Waals surface area contributed by atoms with Crippen molar-refractivity contribution in [2.75, 3.05) is 0 Å². The van der Waals surface area contributed by atoms with E-state index in [4.69, 9.17) is 16.3 Å². The average Bonchev–Trinajstić information content (AvgIpc) is 3.38. The molecular weight excluding hydrogens is 509 g/mol. The SMILES string of the molecule is O=C1CC(c2ccsc2)(c2cccc(Oc3cncc(F)c3)n2)NC(=O)C1Sc1ccccc1Cl. The topological polar surface area (TPSA) is 81.2 Å². The zero-order chi connectivity index (χ0) is 24.4. The van der Waals surface area contributed by atoms with Crippen LogP contribution in [0.2, 0.25) is 5.02 Å². The molecule has 1 amide bonds. The van der Waals surface area contributed by atoms with E-state index in [9.17, 15) is 14.0 Å². The Morgan fingerprint density at radius 2 is 2.00 bits per heavy atom. The van der Waals surface area contributed by atoms with E-state index in [1.54, 1.807) is 42.5 Å². The van der Waals surface area contributed by atoms with Crippen molar-refractivity contribution in [1.82, 2.24) is 15.3 Å². The molecule has 6 nitrogen and oxygen atoms in total. The Hall–Kier alpha value is -3.27. The highest BCUT2D eigenvalue weighted by atomic mass is 35.5. The maximum Gasteiger partial charge on any atom is 0.242 e. The number of carbonyl (C=O) groups is 2. The van der Waals surface area contributed by atoms with Crippen molar-refractivity contribution in [3.8, 4) is 11.6 Å². The molecule has 5 rings (SSSR count). The molecule has 2 atom stereocenters. The number of Topliss-reactive ketones (excluding diaryl/α,β-unsaturated/α-hetero) is 1. The van der Waals surface area contributed by atoms with Crippen molar-refractivity contribution in [1.29, 1.82) is 0 Å². The molecule has 10 heteroatoms. The van der Waals surface area contributed by atoms with Crippen molar-refractivity contribution < 1.29 is 18.7 Å². The second kappa shape index (κ2) is 9.77. The van der Waals surface area contributed by atoms with Gasteiger partial charge in [0, 0.05) is 23.4 Å². The lowest BCUT2D eigenvalue weighted by Gasteiger charge is -2.39. The highest BCUT2D eigenvalue weighted by Crippen LogP contribution is 2.41. The van der Waals surface area contributed by atoms with Gasteiger partial charge in [0.1, 0.15) is 16.6 Å². The summed E-state index contributed by atoms with van der Waals surface area (Å²) in [5.74, 6) is -0.856. The predicted molar refractivity (Wildman–Crippen MR) is 132 cm³/mol. The summed E-state index contributed by atoms with van der Waals surface area (Å²) in [5.41, 5.74) is -0.00577. The van der Waals surface area contributed by atoms with Gasteiger partial charge in [0.15, 0.2) is 11.5 Å². The molecule has 0 aliphatic carbocycles. The van der Waals surface area contributed by atoms with E-state index in [0.717, 1.165) is 23.5 Å². The minimum absolute atomic E-state index is 0.00440. The van der Waals surface area contributed by atoms with Gasteiger partial charge in [-0.3, -0.25) is 14.6 Å². The molecule has 0 radical (unpaired) electrons. The first-order valence-corrected chi connectivity index (χ1v) is 12.7. The van der Waals surface area contributed by atoms with Crippen LogP contribution in [-0.2, 0) is 15.1 Å². The molecule has 4 heterocycles. The number of nitrogens with one attached hydrogen (secondary N) is 1. The van der Waals surface area contributed by atoms with Gasteiger partial charge in [0.25, 0.3) is 0 Å². The Morgan fingerprint density at radius 1 is 1.14 bits per heavy atom. The number of nitrogens with zero attached hydrogens (tertiary/aromatic N) is 2. The summed E-state index contributed by atoms with van der Waals surface area (Å²) in [6, 6.07) is 15.2. The summed E-state index contributed by atoms with van der Waals surface area (Å²) in [7, 11) is 0. The average molecular weight is 526 g/mol. The largest absolute Gasteiger partial charge is 0.437 e. The number of amides is 1. The molecule has 176 valence electrons. The Bertz CT molecular complexity index is 1380. The smallest absolute Gasteiger partial charge is 0.242 e. The van der Waals surface area contributed by atoms with Gasteiger partial charge < -0.3 is 10.1 Å². The van der Waals surface area contributed by atoms with Gasteiger partial charge in [-0.15, -0.1) is 11.8 Å². The molecule has 0 saturated carbocycles. The number of benzene rings is 1. The molecule has 35 heavy (non-hydrogen) atoms. The molecule has 1 aliphatic rings. The first-order chi connectivity index (χ1) is 16.9. The molecule has 4 aromatic rings. The molecule has 3 aromatic heterocycles. The second-order valence-electron chi connectivity index (χ2n) is 7.78. The minimum Gasteiger partial charge on any atom is -0.437 e. The number of hydrogen-bond donors (Lipinski definition) is 1. The Morgan fingerprint density at radius 3 is 2.74 bits per heavy atom. The van der Waals surface area contributed by atoms with Crippen LogP contribution < -0.4 is 10.1 Å². The van der Waals surface area contributed by atoms with Gasteiger partial charge in [0.05, 0.1) is 23.1 Å². The van der Waals surface area contributed by atoms with E-state index in [-0.39, 0.29) is 23.8 Å². The van der Waals surface area contributed by atoms with Crippen molar-refractivity contribution in [3.05, 3.63) is 99.8 Å². The fourth-order valence-electron chi connectivity index (χ4n) is 3.87. The van der Waals surface area contributed by atoms with E-state index < -0.39 is 22.5 Å². The maximum atomic E-state index is 13.5. The Balaban J connectivity index is 1.49. The summed E-state index contributed by atoms with van der Waals surface area (Å²) >= 11 is 8.83. The third-order valence-corrected chi connectivity index (χ3v) is 7.91. The highest BCUT2D eigenvalue weighted by molar-refractivity contribution is 8.01. The number of aromatic nitrogens is 2. The van der Waals surface area contributed by atoms with Crippen LogP contribution in [0.3, 0.4) is 0 Å². The summed E-state index contributed by atoms with van der Waals surface area (Å²) < 4.78 is 19.2. The first-order valence-electron chi connectivity index (χ1n) is 10.5. The highest BCUT2D eigenvalue weighted by Gasteiger charge is 2.48. The van der Waals surface area contributed by atoms with Crippen LogP contribution in [0.15, 0.2) is 82.6 Å². The molecule has 1 fully saturated rings. The summed E-state index contributed by atoms with van der Waals surface area (Å²) in [6.45, 7) is 0. The van der Waals surface area contributed by atoms with E-state index in [2.05, 4.69) is 15.3 Å². The van der Waals surface area contributed by atoms with Crippen molar-refractivity contribution in [2.24, 2.45) is 0 Å². The molecule has 1 aliphatic heterocycles. The summed E-state index contributed by atoms with van der Waals surface area (Å²) in [4.78, 5) is 35.7. The van der Waals surface area contributed by atoms with Crippen LogP contribution in [0.1, 0.15) is 17.7 Å². The summed E-state index contributed by atoms with van der Waals surface area (Å²) in [6.07, 6.45) is 2.44. The number of ketones is 1. The monoisotopic (exact) mass is 525 g/mol. The maximum absolute atomic E-state index is 13.5. The molecule has 1 N–H and O–H groups in total. The van der Waals surface area contributed by atoms with Gasteiger partial charge in [-0.25, -0.2) is 9.37 Å². The number of carbonyl (C=O) groups excluding carboxylic acids is 2. The zero-order valence-electron chi connectivity index (χ0n) is 18.0. The number of rotatable bonds is 6. The number of thioether (sulfide) groups is 1. The Labute approximate surface area is 213 Å². The van der Waals surface area contributed by atoms with Crippen LogP contribution in [0.25, 0.3) is 0 Å². The quantitative estimate of drug-likeness (QED) is 0.329. The van der Waals surface area contributed by atoms with Gasteiger partial charge in [-0.05, 0) is 40.6 Å². The molecule has 0 bridgehead atoms. The fraction of sp³-hybridized carbons (Fsp3) is 0.120. The molecule has 2 unspecified atom stereocenters. The normalized spacial score (nSPS) is 19.9. The van der Waals surface area contributed by atoms with E-state index in [0.29, 0.717) is 15.6 Å². The van der Waals surface area contributed by atoms with Crippen molar-refractivity contribution in [2.45, 2.75) is 22.1 Å². The molecular formula is C25H17ClFN3O3S2. The van der Waals surface area contributed by atoms with Crippen molar-refractivity contribution in [3.63, 3.8) is 0 Å². The molecule has 1 saturated heterocycles. The third kappa shape index (κ3) is 4.80. The second-order valence-corrected chi connectivity index (χ2v) is 10.1. The van der Waals surface area contributed by atoms with Gasteiger partial charge >= 0.3 is 0 Å². The van der Waals surface area contributed by atoms with Gasteiger partial charge in [-0.1, -0.05) is 29.8 Å². The number of hydrogen-bond acceptors (Lipinski definition) is 7. The predicted octanol–water partition coefficient (Wildman–Crippen LogP) is 5.62. The first kappa shape index (κ1) is 23.5. The lowest BCUT2D eigenvalue weighted by molar-refractivity contribution is -0.133. The Kier molecular flexibility index (Phi) is 6.55. The third-order valence-electron chi connectivity index (χ3n) is 5.47. The fourth-order valence-corrected chi connectivity index (χ4v) is 5.84. The van der Waals surface area contributed by atoms with Crippen LogP contribution in [0.4, 0.5) is 4.39 Å². The minimum atomic E-state index is -1.18. The molecule has 1 aromatic carbocycles. The zero-order valence-corrected chi connectivity index (χ0v) is 20.4. The van der Waals surface area contributed by atoms with E-state index in [1.165, 1.54) is 23.6 Å². The lowest BCUT2D eigenvalue weighted by Crippen LogP contribution is -2.58. The molecule has 0 spiro atoms. The number of thiophene rings is 1. The van der Waals surface area contributed by atoms with Crippen LogP contribution in [0.5, 0.6) is 11.6 Å².